The van der Waals surface area contributed by atoms with Crippen molar-refractivity contribution in [3.63, 3.8) is 0 Å². The number of carboxylic acid groups (broad SMARTS) is 1. The number of aromatic nitrogens is 1. The molecule has 3 heterocycles. The van der Waals surface area contributed by atoms with E-state index < -0.39 is 80.5 Å². The molecule has 2 aliphatic carbocycles. The number of rotatable bonds is 7. The highest BCUT2D eigenvalue weighted by molar-refractivity contribution is 7.91. The van der Waals surface area contributed by atoms with Gasteiger partial charge in [-0.1, -0.05) is 26.0 Å². The minimum absolute atomic E-state index is 0.0387. The predicted molar refractivity (Wildman–Crippen MR) is 178 cm³/mol. The minimum atomic E-state index is -3.92. The molecule has 50 heavy (non-hydrogen) atoms. The Balaban J connectivity index is 1.35. The quantitative estimate of drug-likeness (QED) is 0.310. The number of benzene rings is 1. The Morgan fingerprint density at radius 3 is 2.60 bits per heavy atom. The average Bonchev–Trinajstić information content (AvgIpc) is 3.98. The van der Waals surface area contributed by atoms with Crippen molar-refractivity contribution in [2.75, 3.05) is 13.7 Å². The Labute approximate surface area is 289 Å². The summed E-state index contributed by atoms with van der Waals surface area (Å²) >= 11 is 0. The van der Waals surface area contributed by atoms with E-state index in [0.29, 0.717) is 36.5 Å². The zero-order valence-corrected chi connectivity index (χ0v) is 28.9. The summed E-state index contributed by atoms with van der Waals surface area (Å²) in [6.45, 7) is 3.63. The van der Waals surface area contributed by atoms with Crippen LogP contribution in [-0.2, 0) is 24.4 Å². The molecular weight excluding hydrogens is 673 g/mol. The van der Waals surface area contributed by atoms with Crippen molar-refractivity contribution < 1.29 is 46.6 Å². The van der Waals surface area contributed by atoms with Gasteiger partial charge in [-0.15, -0.1) is 0 Å². The maximum Gasteiger partial charge on any atom is 0.405 e. The average molecular weight is 716 g/mol. The number of sulfonamides is 1. The topological polar surface area (TPSA) is 193 Å². The SMILES string of the molecule is COc1cc(F)cc2c(O[C@@H]3C[C@H]4C(=O)N[C@]5(C(=O)NS(=O)(=O)C6CC6)C[C@H]5/C=C\CC[C@H](C)C[C@@H](C)[C@H](NC(=O)O)C(=O)N4C3)nccc12. The van der Waals surface area contributed by atoms with Crippen LogP contribution in [0.25, 0.3) is 10.8 Å². The van der Waals surface area contributed by atoms with Crippen LogP contribution in [0, 0.1) is 23.6 Å². The molecule has 270 valence electrons. The Morgan fingerprint density at radius 1 is 1.14 bits per heavy atom. The Hall–Kier alpha value is -4.47. The monoisotopic (exact) mass is 715 g/mol. The van der Waals surface area contributed by atoms with Gasteiger partial charge in [0.05, 0.1) is 24.3 Å². The second-order valence-corrected chi connectivity index (χ2v) is 16.0. The number of pyridine rings is 1. The summed E-state index contributed by atoms with van der Waals surface area (Å²) in [5.41, 5.74) is -1.56. The van der Waals surface area contributed by atoms with Gasteiger partial charge in [0.15, 0.2) is 0 Å². The van der Waals surface area contributed by atoms with Crippen molar-refractivity contribution in [3.8, 4) is 11.6 Å². The first kappa shape index (κ1) is 35.4. The third kappa shape index (κ3) is 7.21. The lowest BCUT2D eigenvalue weighted by Gasteiger charge is -2.32. The first-order chi connectivity index (χ1) is 23.7. The Bertz CT molecular complexity index is 1840. The van der Waals surface area contributed by atoms with Crippen molar-refractivity contribution in [1.29, 1.82) is 0 Å². The highest BCUT2D eigenvalue weighted by atomic mass is 32.2. The van der Waals surface area contributed by atoms with Gasteiger partial charge < -0.3 is 30.1 Å². The van der Waals surface area contributed by atoms with Gasteiger partial charge in [-0.3, -0.25) is 19.1 Å². The van der Waals surface area contributed by atoms with Crippen LogP contribution in [0.3, 0.4) is 0 Å². The van der Waals surface area contributed by atoms with Crippen molar-refractivity contribution in [1.82, 2.24) is 25.2 Å². The largest absolute Gasteiger partial charge is 0.496 e. The van der Waals surface area contributed by atoms with Crippen LogP contribution >= 0.6 is 0 Å². The van der Waals surface area contributed by atoms with E-state index >= 15 is 0 Å². The van der Waals surface area contributed by atoms with E-state index in [1.54, 1.807) is 13.0 Å². The number of allylic oxidation sites excluding steroid dienone is 1. The number of amides is 4. The number of hydrogen-bond donors (Lipinski definition) is 4. The standard InChI is InChI=1S/C34H42FN5O9S/c1-18-6-4-5-7-20-16-34(20,32(43)39-50(46,47)23-8-9-23)38-29(41)26-15-22(17-40(26)31(42)28(19(2)12-18)37-33(44)45)49-30-25-13-21(35)14-27(48-3)24(25)10-11-36-30/h5,7,10-11,13-14,18-20,22-23,26,28,37H,4,6,8-9,12,15-17H2,1-3H3,(H,38,41)(H,39,43)(H,44,45)/b7-5-/t18-,19+,20+,22+,26-,28-,34+/m0/s1. The summed E-state index contributed by atoms with van der Waals surface area (Å²) < 4.78 is 53.8. The second-order valence-electron chi connectivity index (χ2n) is 14.0. The van der Waals surface area contributed by atoms with Crippen molar-refractivity contribution in [3.05, 3.63) is 42.4 Å². The molecule has 4 amide bonds. The van der Waals surface area contributed by atoms with Crippen molar-refractivity contribution in [2.24, 2.45) is 17.8 Å². The molecule has 2 saturated carbocycles. The summed E-state index contributed by atoms with van der Waals surface area (Å²) in [5, 5.41) is 15.0. The molecule has 0 unspecified atom stereocenters. The molecule has 1 aromatic carbocycles. The fourth-order valence-electron chi connectivity index (χ4n) is 7.24. The van der Waals surface area contributed by atoms with Crippen molar-refractivity contribution >= 4 is 44.6 Å². The van der Waals surface area contributed by atoms with Crippen LogP contribution in [0.2, 0.25) is 0 Å². The number of fused-ring (bicyclic) bond motifs is 3. The zero-order valence-electron chi connectivity index (χ0n) is 28.1. The number of carbonyl (C=O) groups excluding carboxylic acids is 3. The van der Waals surface area contributed by atoms with Crippen LogP contribution in [0.15, 0.2) is 36.5 Å². The second kappa shape index (κ2) is 13.7. The summed E-state index contributed by atoms with van der Waals surface area (Å²) in [6.07, 6.45) is 5.75. The van der Waals surface area contributed by atoms with Gasteiger partial charge in [0.25, 0.3) is 5.91 Å². The molecular formula is C34H42FN5O9S. The zero-order chi connectivity index (χ0) is 36.0. The van der Waals surface area contributed by atoms with Crippen LogP contribution < -0.4 is 24.8 Å². The molecule has 7 atom stereocenters. The normalized spacial score (nSPS) is 30.9. The minimum Gasteiger partial charge on any atom is -0.496 e. The first-order valence-corrected chi connectivity index (χ1v) is 18.4. The van der Waals surface area contributed by atoms with Gasteiger partial charge in [-0.05, 0) is 62.5 Å². The van der Waals surface area contributed by atoms with Gasteiger partial charge in [0, 0.05) is 30.0 Å². The van der Waals surface area contributed by atoms with Crippen LogP contribution in [-0.4, -0.2) is 89.9 Å². The molecule has 3 fully saturated rings. The molecule has 2 aromatic rings. The number of nitrogens with zero attached hydrogens (tertiary/aromatic N) is 2. The highest BCUT2D eigenvalue weighted by Gasteiger charge is 2.62. The van der Waals surface area contributed by atoms with Crippen LogP contribution in [0.5, 0.6) is 11.6 Å². The van der Waals surface area contributed by atoms with Gasteiger partial charge in [0.2, 0.25) is 27.7 Å². The third-order valence-electron chi connectivity index (χ3n) is 10.2. The molecule has 14 nitrogen and oxygen atoms in total. The van der Waals surface area contributed by atoms with E-state index in [2.05, 4.69) is 20.3 Å². The molecule has 0 spiro atoms. The summed E-state index contributed by atoms with van der Waals surface area (Å²) in [6, 6.07) is 1.67. The number of halogens is 1. The van der Waals surface area contributed by atoms with E-state index in [4.69, 9.17) is 9.47 Å². The molecule has 0 bridgehead atoms. The molecule has 1 aromatic heterocycles. The molecule has 2 aliphatic heterocycles. The van der Waals surface area contributed by atoms with Crippen LogP contribution in [0.1, 0.15) is 58.8 Å². The highest BCUT2D eigenvalue weighted by Crippen LogP contribution is 2.46. The van der Waals surface area contributed by atoms with E-state index in [1.807, 2.05) is 19.1 Å². The molecule has 4 aliphatic rings. The maximum absolute atomic E-state index is 14.5. The lowest BCUT2D eigenvalue weighted by molar-refractivity contribution is -0.142. The number of ether oxygens (including phenoxy) is 2. The Morgan fingerprint density at radius 2 is 1.90 bits per heavy atom. The predicted octanol–water partition coefficient (Wildman–Crippen LogP) is 2.86. The van der Waals surface area contributed by atoms with E-state index in [0.717, 1.165) is 6.42 Å². The van der Waals surface area contributed by atoms with E-state index in [9.17, 15) is 37.1 Å². The lowest BCUT2D eigenvalue weighted by atomic mass is 9.88. The lowest BCUT2D eigenvalue weighted by Crippen LogP contribution is -2.59. The Kier molecular flexibility index (Phi) is 9.68. The third-order valence-corrected chi connectivity index (χ3v) is 12.0. The molecule has 16 heteroatoms. The maximum atomic E-state index is 14.5. The number of hydrogen-bond acceptors (Lipinski definition) is 9. The van der Waals surface area contributed by atoms with Crippen LogP contribution in [0.4, 0.5) is 9.18 Å². The summed E-state index contributed by atoms with van der Waals surface area (Å²) in [7, 11) is -2.52. The summed E-state index contributed by atoms with van der Waals surface area (Å²) in [5.74, 6) is -3.33. The molecule has 1 saturated heterocycles. The number of methoxy groups -OCH3 is 1. The number of carbonyl (C=O) groups is 4. The molecule has 4 N–H and O–H groups in total. The molecule has 6 rings (SSSR count). The molecule has 0 radical (unpaired) electrons. The number of nitrogens with one attached hydrogen (secondary N) is 3. The van der Waals surface area contributed by atoms with Gasteiger partial charge in [-0.2, -0.15) is 0 Å². The smallest absolute Gasteiger partial charge is 0.405 e. The van der Waals surface area contributed by atoms with Crippen molar-refractivity contribution in [2.45, 2.75) is 87.8 Å². The van der Waals surface area contributed by atoms with E-state index in [-0.39, 0.29) is 36.9 Å². The summed E-state index contributed by atoms with van der Waals surface area (Å²) in [4.78, 5) is 59.6. The van der Waals surface area contributed by atoms with Gasteiger partial charge >= 0.3 is 6.09 Å². The fourth-order valence-corrected chi connectivity index (χ4v) is 8.61. The van der Waals surface area contributed by atoms with Gasteiger partial charge in [-0.25, -0.2) is 22.6 Å². The fraction of sp³-hybridized carbons (Fsp3) is 0.559. The first-order valence-electron chi connectivity index (χ1n) is 16.9. The van der Waals surface area contributed by atoms with E-state index in [1.165, 1.54) is 30.3 Å². The van der Waals surface area contributed by atoms with Gasteiger partial charge in [0.1, 0.15) is 35.3 Å².